The van der Waals surface area contributed by atoms with E-state index in [2.05, 4.69) is 34.1 Å². The summed E-state index contributed by atoms with van der Waals surface area (Å²) in [7, 11) is 0. The van der Waals surface area contributed by atoms with E-state index in [0.29, 0.717) is 11.8 Å². The lowest BCUT2D eigenvalue weighted by atomic mass is 9.91. The van der Waals surface area contributed by atoms with E-state index < -0.39 is 0 Å². The van der Waals surface area contributed by atoms with Crippen molar-refractivity contribution in [2.24, 2.45) is 5.92 Å². The molecule has 0 bridgehead atoms. The van der Waals surface area contributed by atoms with Crippen LogP contribution in [0.15, 0.2) is 30.3 Å². The molecule has 2 atom stereocenters. The van der Waals surface area contributed by atoms with E-state index in [1.165, 1.54) is 24.8 Å². The molecular weight excluding hydrogens is 260 g/mol. The largest absolute Gasteiger partial charge is 0.340 e. The number of carbonyl (C=O) groups is 1. The molecule has 112 valence electrons. The van der Waals surface area contributed by atoms with Gasteiger partial charge in [-0.3, -0.25) is 9.69 Å². The van der Waals surface area contributed by atoms with Crippen LogP contribution in [-0.4, -0.2) is 47.9 Å². The molecule has 3 aliphatic rings. The molecule has 3 heteroatoms. The molecule has 3 nitrogen and oxygen atoms in total. The van der Waals surface area contributed by atoms with Crippen molar-refractivity contribution in [1.29, 1.82) is 0 Å². The summed E-state index contributed by atoms with van der Waals surface area (Å²) >= 11 is 0. The Balaban J connectivity index is 1.31. The molecule has 1 saturated heterocycles. The van der Waals surface area contributed by atoms with Crippen molar-refractivity contribution < 1.29 is 4.79 Å². The highest BCUT2D eigenvalue weighted by Gasteiger charge is 2.46. The molecule has 2 aliphatic carbocycles. The van der Waals surface area contributed by atoms with Crippen molar-refractivity contribution in [3.8, 4) is 0 Å². The molecule has 1 aromatic carbocycles. The van der Waals surface area contributed by atoms with Gasteiger partial charge in [0.05, 0.1) is 0 Å². The fraction of sp³-hybridized carbons (Fsp3) is 0.611. The first-order valence-corrected chi connectivity index (χ1v) is 8.41. The minimum absolute atomic E-state index is 0.252. The third-order valence-electron chi connectivity index (χ3n) is 5.55. The van der Waals surface area contributed by atoms with Crippen molar-refractivity contribution in [3.05, 3.63) is 35.9 Å². The Morgan fingerprint density at radius 2 is 1.71 bits per heavy atom. The van der Waals surface area contributed by atoms with E-state index in [4.69, 9.17) is 0 Å². The van der Waals surface area contributed by atoms with Crippen LogP contribution in [0.3, 0.4) is 0 Å². The average molecular weight is 284 g/mol. The Morgan fingerprint density at radius 3 is 2.33 bits per heavy atom. The lowest BCUT2D eigenvalue weighted by molar-refractivity contribution is -0.135. The number of rotatable bonds is 3. The van der Waals surface area contributed by atoms with Gasteiger partial charge < -0.3 is 4.90 Å². The van der Waals surface area contributed by atoms with Crippen molar-refractivity contribution >= 4 is 5.91 Å². The van der Waals surface area contributed by atoms with Crippen molar-refractivity contribution in [3.63, 3.8) is 0 Å². The molecule has 3 fully saturated rings. The predicted molar refractivity (Wildman–Crippen MR) is 83.1 cm³/mol. The minimum atomic E-state index is 0.252. The zero-order chi connectivity index (χ0) is 14.2. The van der Waals surface area contributed by atoms with Crippen molar-refractivity contribution in [1.82, 2.24) is 9.80 Å². The van der Waals surface area contributed by atoms with E-state index in [9.17, 15) is 4.79 Å². The molecule has 1 aliphatic heterocycles. The highest BCUT2D eigenvalue weighted by Crippen LogP contribution is 2.48. The van der Waals surface area contributed by atoms with Gasteiger partial charge in [-0.1, -0.05) is 36.8 Å². The summed E-state index contributed by atoms with van der Waals surface area (Å²) in [6.45, 7) is 4.04. The first-order chi connectivity index (χ1) is 10.3. The maximum absolute atomic E-state index is 12.6. The van der Waals surface area contributed by atoms with Crippen molar-refractivity contribution in [2.45, 2.75) is 37.6 Å². The zero-order valence-electron chi connectivity index (χ0n) is 12.6. The van der Waals surface area contributed by atoms with Gasteiger partial charge in [0, 0.05) is 38.1 Å². The second kappa shape index (κ2) is 5.45. The van der Waals surface area contributed by atoms with Crippen molar-refractivity contribution in [2.75, 3.05) is 26.2 Å². The molecule has 2 saturated carbocycles. The predicted octanol–water partition coefficient (Wildman–Crippen LogP) is 2.49. The summed E-state index contributed by atoms with van der Waals surface area (Å²) in [6, 6.07) is 11.3. The molecule has 0 N–H and O–H groups in total. The summed E-state index contributed by atoms with van der Waals surface area (Å²) in [5, 5.41) is 0. The lowest BCUT2D eigenvalue weighted by Gasteiger charge is -2.43. The van der Waals surface area contributed by atoms with Gasteiger partial charge in [-0.25, -0.2) is 0 Å². The smallest absolute Gasteiger partial charge is 0.226 e. The summed E-state index contributed by atoms with van der Waals surface area (Å²) in [4.78, 5) is 17.3. The molecule has 0 aromatic heterocycles. The molecule has 0 radical (unpaired) electrons. The maximum Gasteiger partial charge on any atom is 0.226 e. The van der Waals surface area contributed by atoms with Crippen LogP contribution < -0.4 is 0 Å². The van der Waals surface area contributed by atoms with Crippen LogP contribution in [0.2, 0.25) is 0 Å². The molecule has 0 spiro atoms. The van der Waals surface area contributed by atoms with Gasteiger partial charge in [0.1, 0.15) is 0 Å². The molecule has 0 unspecified atom stereocenters. The Bertz CT molecular complexity index is 503. The normalized spacial score (nSPS) is 30.0. The van der Waals surface area contributed by atoms with Crippen LogP contribution in [0.1, 0.15) is 37.2 Å². The van der Waals surface area contributed by atoms with E-state index in [1.807, 2.05) is 6.07 Å². The van der Waals surface area contributed by atoms with Crippen LogP contribution in [-0.2, 0) is 4.79 Å². The van der Waals surface area contributed by atoms with Crippen LogP contribution in [0.25, 0.3) is 0 Å². The monoisotopic (exact) mass is 284 g/mol. The average Bonchev–Trinajstić information content (AvgIpc) is 3.27. The fourth-order valence-electron chi connectivity index (χ4n) is 3.83. The Kier molecular flexibility index (Phi) is 3.46. The van der Waals surface area contributed by atoms with Gasteiger partial charge in [-0.05, 0) is 30.7 Å². The van der Waals surface area contributed by atoms with Gasteiger partial charge in [0.2, 0.25) is 5.91 Å². The number of hydrogen-bond acceptors (Lipinski definition) is 2. The van der Waals surface area contributed by atoms with E-state index in [0.717, 1.165) is 38.6 Å². The maximum atomic E-state index is 12.6. The number of amides is 1. The Morgan fingerprint density at radius 1 is 1.00 bits per heavy atom. The highest BCUT2D eigenvalue weighted by atomic mass is 16.2. The second-order valence-electron chi connectivity index (χ2n) is 6.81. The molecule has 1 amide bonds. The van der Waals surface area contributed by atoms with Gasteiger partial charge in [-0.15, -0.1) is 0 Å². The molecule has 1 heterocycles. The van der Waals surface area contributed by atoms with Crippen LogP contribution in [0.5, 0.6) is 0 Å². The molecule has 21 heavy (non-hydrogen) atoms. The zero-order valence-corrected chi connectivity index (χ0v) is 12.6. The lowest BCUT2D eigenvalue weighted by Crippen LogP contribution is -2.53. The second-order valence-corrected chi connectivity index (χ2v) is 6.81. The summed E-state index contributed by atoms with van der Waals surface area (Å²) in [5.41, 5.74) is 1.34. The highest BCUT2D eigenvalue weighted by molar-refractivity contribution is 5.83. The Labute approximate surface area is 126 Å². The summed E-state index contributed by atoms with van der Waals surface area (Å²) in [5.74, 6) is 1.13. The van der Waals surface area contributed by atoms with Crippen LogP contribution >= 0.6 is 0 Å². The number of piperazine rings is 1. The third-order valence-corrected chi connectivity index (χ3v) is 5.55. The summed E-state index contributed by atoms with van der Waals surface area (Å²) in [6.07, 6.45) is 5.18. The van der Waals surface area contributed by atoms with Gasteiger partial charge in [0.15, 0.2) is 0 Å². The van der Waals surface area contributed by atoms with E-state index in [-0.39, 0.29) is 5.92 Å². The van der Waals surface area contributed by atoms with E-state index >= 15 is 0 Å². The van der Waals surface area contributed by atoms with Crippen LogP contribution in [0.4, 0.5) is 0 Å². The molecule has 4 rings (SSSR count). The van der Waals surface area contributed by atoms with Gasteiger partial charge in [-0.2, -0.15) is 0 Å². The topological polar surface area (TPSA) is 23.6 Å². The fourth-order valence-corrected chi connectivity index (χ4v) is 3.83. The van der Waals surface area contributed by atoms with E-state index in [1.54, 1.807) is 0 Å². The third kappa shape index (κ3) is 2.59. The Hall–Kier alpha value is -1.35. The number of hydrogen-bond donors (Lipinski definition) is 0. The van der Waals surface area contributed by atoms with Gasteiger partial charge in [0.25, 0.3) is 0 Å². The molecular formula is C18H24N2O. The number of carbonyl (C=O) groups excluding carboxylic acids is 1. The first kappa shape index (κ1) is 13.3. The van der Waals surface area contributed by atoms with Crippen LogP contribution in [0, 0.1) is 5.92 Å². The first-order valence-electron chi connectivity index (χ1n) is 8.41. The minimum Gasteiger partial charge on any atom is -0.340 e. The van der Waals surface area contributed by atoms with Gasteiger partial charge >= 0.3 is 0 Å². The molecule has 1 aromatic rings. The summed E-state index contributed by atoms with van der Waals surface area (Å²) < 4.78 is 0. The standard InChI is InChI=1S/C18H24N2O/c21-18(17-13-16(17)14-5-2-1-3-6-14)20-11-9-19(10-12-20)15-7-4-8-15/h1-3,5-6,15-17H,4,7-13H2/t16-,17+/m0/s1. The quantitative estimate of drug-likeness (QED) is 0.851. The SMILES string of the molecule is O=C([C@@H]1C[C@H]1c1ccccc1)N1CCN(C2CCC2)CC1. The number of benzene rings is 1. The number of nitrogens with zero attached hydrogens (tertiary/aromatic N) is 2.